The standard InChI is InChI=1S/C16H12N2O3/c19-14-8-7-11-4-1-2-5-12(11)13(14)10-17-18-16(20)15-6-3-9-21-15/h1-10,19H,(H,18,20)/b17-10-. The number of phenols is 1. The van der Waals surface area contributed by atoms with Gasteiger partial charge in [0.05, 0.1) is 12.5 Å². The van der Waals surface area contributed by atoms with Crippen LogP contribution in [-0.2, 0) is 0 Å². The van der Waals surface area contributed by atoms with Crippen LogP contribution >= 0.6 is 0 Å². The number of carbonyl (C=O) groups is 1. The Morgan fingerprint density at radius 2 is 2.00 bits per heavy atom. The van der Waals surface area contributed by atoms with Crippen molar-refractivity contribution in [3.05, 3.63) is 66.1 Å². The molecule has 0 bridgehead atoms. The highest BCUT2D eigenvalue weighted by Gasteiger charge is 2.07. The molecule has 0 atom stereocenters. The van der Waals surface area contributed by atoms with Crippen LogP contribution in [0.4, 0.5) is 0 Å². The van der Waals surface area contributed by atoms with Gasteiger partial charge in [0, 0.05) is 5.56 Å². The Morgan fingerprint density at radius 3 is 2.81 bits per heavy atom. The van der Waals surface area contributed by atoms with Crippen LogP contribution in [0, 0.1) is 0 Å². The second-order valence-corrected chi connectivity index (χ2v) is 4.40. The lowest BCUT2D eigenvalue weighted by Crippen LogP contribution is -2.16. The number of nitrogens with one attached hydrogen (secondary N) is 1. The number of amides is 1. The molecule has 2 aromatic carbocycles. The fraction of sp³-hybridized carbons (Fsp3) is 0. The van der Waals surface area contributed by atoms with Crippen molar-refractivity contribution in [3.8, 4) is 5.75 Å². The Hall–Kier alpha value is -3.08. The van der Waals surface area contributed by atoms with Crippen molar-refractivity contribution >= 4 is 22.9 Å². The maximum atomic E-state index is 11.7. The number of nitrogens with zero attached hydrogens (tertiary/aromatic N) is 1. The largest absolute Gasteiger partial charge is 0.507 e. The van der Waals surface area contributed by atoms with Crippen molar-refractivity contribution in [2.75, 3.05) is 0 Å². The normalized spacial score (nSPS) is 11.0. The summed E-state index contributed by atoms with van der Waals surface area (Å²) < 4.78 is 4.96. The van der Waals surface area contributed by atoms with E-state index in [2.05, 4.69) is 10.5 Å². The molecule has 5 nitrogen and oxygen atoms in total. The Morgan fingerprint density at radius 1 is 1.14 bits per heavy atom. The minimum Gasteiger partial charge on any atom is -0.507 e. The number of rotatable bonds is 3. The van der Waals surface area contributed by atoms with Gasteiger partial charge in [-0.1, -0.05) is 30.3 Å². The molecule has 5 heteroatoms. The minimum atomic E-state index is -0.448. The quantitative estimate of drug-likeness (QED) is 0.572. The molecule has 0 saturated carbocycles. The van der Waals surface area contributed by atoms with Crippen LogP contribution in [0.2, 0.25) is 0 Å². The predicted octanol–water partition coefficient (Wildman–Crippen LogP) is 2.90. The lowest BCUT2D eigenvalue weighted by Gasteiger charge is -2.04. The first-order valence-electron chi connectivity index (χ1n) is 6.33. The molecule has 3 rings (SSSR count). The topological polar surface area (TPSA) is 74.8 Å². The van der Waals surface area contributed by atoms with Gasteiger partial charge in [-0.25, -0.2) is 5.43 Å². The van der Waals surface area contributed by atoms with E-state index < -0.39 is 5.91 Å². The Kier molecular flexibility index (Phi) is 3.39. The first-order valence-corrected chi connectivity index (χ1v) is 6.33. The maximum absolute atomic E-state index is 11.7. The van der Waals surface area contributed by atoms with Gasteiger partial charge in [0.25, 0.3) is 0 Å². The molecule has 0 aliphatic carbocycles. The number of fused-ring (bicyclic) bond motifs is 1. The van der Waals surface area contributed by atoms with Crippen molar-refractivity contribution in [3.63, 3.8) is 0 Å². The number of hydrogen-bond acceptors (Lipinski definition) is 4. The molecule has 0 aliphatic rings. The summed E-state index contributed by atoms with van der Waals surface area (Å²) >= 11 is 0. The van der Waals surface area contributed by atoms with Crippen LogP contribution in [-0.4, -0.2) is 17.2 Å². The lowest BCUT2D eigenvalue weighted by molar-refractivity contribution is 0.0927. The van der Waals surface area contributed by atoms with Crippen molar-refractivity contribution in [2.45, 2.75) is 0 Å². The van der Waals surface area contributed by atoms with Gasteiger partial charge in [0.1, 0.15) is 5.75 Å². The number of furan rings is 1. The average molecular weight is 280 g/mol. The van der Waals surface area contributed by atoms with Gasteiger partial charge in [-0.3, -0.25) is 4.79 Å². The fourth-order valence-corrected chi connectivity index (χ4v) is 2.04. The Labute approximate surface area is 120 Å². The summed E-state index contributed by atoms with van der Waals surface area (Å²) in [5, 5.41) is 15.6. The highest BCUT2D eigenvalue weighted by atomic mass is 16.3. The van der Waals surface area contributed by atoms with Crippen LogP contribution in [0.5, 0.6) is 5.75 Å². The van der Waals surface area contributed by atoms with E-state index in [-0.39, 0.29) is 11.5 Å². The predicted molar refractivity (Wildman–Crippen MR) is 79.4 cm³/mol. The molecule has 0 aliphatic heterocycles. The minimum absolute atomic E-state index is 0.102. The van der Waals surface area contributed by atoms with E-state index >= 15 is 0 Å². The molecule has 0 saturated heterocycles. The summed E-state index contributed by atoms with van der Waals surface area (Å²) in [5.74, 6) is -0.171. The summed E-state index contributed by atoms with van der Waals surface area (Å²) in [5.41, 5.74) is 2.90. The highest BCUT2D eigenvalue weighted by molar-refractivity contribution is 6.02. The average Bonchev–Trinajstić information content (AvgIpc) is 3.04. The zero-order valence-corrected chi connectivity index (χ0v) is 11.0. The van der Waals surface area contributed by atoms with Gasteiger partial charge >= 0.3 is 5.91 Å². The second kappa shape index (κ2) is 5.50. The summed E-state index contributed by atoms with van der Waals surface area (Å²) in [6.07, 6.45) is 2.83. The number of hydrazone groups is 1. The first-order chi connectivity index (χ1) is 10.3. The van der Waals surface area contributed by atoms with E-state index in [0.717, 1.165) is 10.8 Å². The molecule has 0 radical (unpaired) electrons. The van der Waals surface area contributed by atoms with Crippen molar-refractivity contribution in [1.29, 1.82) is 0 Å². The van der Waals surface area contributed by atoms with Crippen molar-refractivity contribution < 1.29 is 14.3 Å². The molecule has 2 N–H and O–H groups in total. The molecular weight excluding hydrogens is 268 g/mol. The van der Waals surface area contributed by atoms with E-state index in [9.17, 15) is 9.90 Å². The Bertz CT molecular complexity index is 808. The van der Waals surface area contributed by atoms with E-state index in [1.807, 2.05) is 30.3 Å². The van der Waals surface area contributed by atoms with Crippen LogP contribution in [0.15, 0.2) is 64.3 Å². The van der Waals surface area contributed by atoms with Crippen LogP contribution in [0.1, 0.15) is 16.1 Å². The van der Waals surface area contributed by atoms with Crippen LogP contribution in [0.3, 0.4) is 0 Å². The van der Waals surface area contributed by atoms with E-state index in [0.29, 0.717) is 5.56 Å². The molecule has 1 amide bonds. The van der Waals surface area contributed by atoms with Crippen molar-refractivity contribution in [1.82, 2.24) is 5.43 Å². The molecule has 0 unspecified atom stereocenters. The monoisotopic (exact) mass is 280 g/mol. The van der Waals surface area contributed by atoms with Gasteiger partial charge in [-0.05, 0) is 29.0 Å². The number of phenolic OH excluding ortho intramolecular Hbond substituents is 1. The van der Waals surface area contributed by atoms with Crippen molar-refractivity contribution in [2.24, 2.45) is 5.10 Å². The van der Waals surface area contributed by atoms with Gasteiger partial charge in [0.2, 0.25) is 0 Å². The second-order valence-electron chi connectivity index (χ2n) is 4.40. The van der Waals surface area contributed by atoms with E-state index in [1.165, 1.54) is 12.5 Å². The third-order valence-corrected chi connectivity index (χ3v) is 3.05. The van der Waals surface area contributed by atoms with Gasteiger partial charge in [-0.2, -0.15) is 5.10 Å². The molecule has 0 spiro atoms. The third-order valence-electron chi connectivity index (χ3n) is 3.05. The maximum Gasteiger partial charge on any atom is 0.307 e. The molecule has 1 aromatic heterocycles. The molecule has 21 heavy (non-hydrogen) atoms. The molecular formula is C16H12N2O3. The molecule has 0 fully saturated rings. The smallest absolute Gasteiger partial charge is 0.307 e. The third kappa shape index (κ3) is 2.62. The molecule has 1 heterocycles. The highest BCUT2D eigenvalue weighted by Crippen LogP contribution is 2.25. The lowest BCUT2D eigenvalue weighted by atomic mass is 10.0. The number of benzene rings is 2. The Balaban J connectivity index is 1.86. The number of carbonyl (C=O) groups excluding carboxylic acids is 1. The first kappa shape index (κ1) is 12.9. The van der Waals surface area contributed by atoms with E-state index in [4.69, 9.17) is 4.42 Å². The zero-order chi connectivity index (χ0) is 14.7. The summed E-state index contributed by atoms with van der Waals surface area (Å²) in [7, 11) is 0. The van der Waals surface area contributed by atoms with Crippen LogP contribution < -0.4 is 5.43 Å². The van der Waals surface area contributed by atoms with E-state index in [1.54, 1.807) is 18.2 Å². The summed E-state index contributed by atoms with van der Waals surface area (Å²) in [6, 6.07) is 14.2. The van der Waals surface area contributed by atoms with Gasteiger partial charge in [0.15, 0.2) is 5.76 Å². The summed E-state index contributed by atoms with van der Waals surface area (Å²) in [4.78, 5) is 11.7. The molecule has 3 aromatic rings. The van der Waals surface area contributed by atoms with Gasteiger partial charge < -0.3 is 9.52 Å². The number of aromatic hydroxyl groups is 1. The number of hydrogen-bond donors (Lipinski definition) is 2. The molecule has 104 valence electrons. The zero-order valence-electron chi connectivity index (χ0n) is 11.0. The fourth-order valence-electron chi connectivity index (χ4n) is 2.04. The SMILES string of the molecule is O=C(N/N=C\c1c(O)ccc2ccccc12)c1ccco1. The van der Waals surface area contributed by atoms with Crippen LogP contribution in [0.25, 0.3) is 10.8 Å². The summed E-state index contributed by atoms with van der Waals surface area (Å²) in [6.45, 7) is 0. The van der Waals surface area contributed by atoms with Gasteiger partial charge in [-0.15, -0.1) is 0 Å².